The number of carbonyl (C=O) groups excluding carboxylic acids is 1. The molecule has 0 bridgehead atoms. The molecule has 0 aromatic rings. The number of aliphatic hydroxyl groups is 4. The van der Waals surface area contributed by atoms with Crippen LogP contribution in [0.4, 0.5) is 0 Å². The van der Waals surface area contributed by atoms with Crippen molar-refractivity contribution < 1.29 is 44.2 Å². The molecule has 0 radical (unpaired) electrons. The van der Waals surface area contributed by atoms with Gasteiger partial charge in [0.1, 0.15) is 30.5 Å². The molecule has 0 aromatic heterocycles. The fraction of sp³-hybridized carbons (Fsp3) is 0.792. The summed E-state index contributed by atoms with van der Waals surface area (Å²) in [7, 11) is 0. The molecule has 360 valence electrons. The monoisotopic (exact) mass is 875 g/mol. The van der Waals surface area contributed by atoms with Crippen molar-refractivity contribution in [3.8, 4) is 0 Å². The molecule has 0 spiro atoms. The highest BCUT2D eigenvalue weighted by molar-refractivity contribution is 5.69. The van der Waals surface area contributed by atoms with Gasteiger partial charge in [0.15, 0.2) is 6.29 Å². The molecule has 62 heavy (non-hydrogen) atoms. The molecule has 0 aliphatic carbocycles. The van der Waals surface area contributed by atoms with Crippen molar-refractivity contribution in [3.05, 3.63) is 60.8 Å². The molecule has 0 amide bonds. The van der Waals surface area contributed by atoms with Crippen LogP contribution in [0.5, 0.6) is 0 Å². The van der Waals surface area contributed by atoms with E-state index in [1.54, 1.807) is 0 Å². The first kappa shape index (κ1) is 57.9. The fourth-order valence-electron chi connectivity index (χ4n) is 7.50. The van der Waals surface area contributed by atoms with Crippen LogP contribution in [0, 0.1) is 0 Å². The lowest BCUT2D eigenvalue weighted by Gasteiger charge is -2.39. The SMILES string of the molecule is CC/C=C\C/C=C\C/C=C\C/C=C\CCC(=O)OC(COCCCCCCCCCCCCCCCC/C=C\CCCCCCCCCC)COC1OC(CO)C(O)C(O)C1O. The minimum Gasteiger partial charge on any atom is -0.457 e. The number of ether oxygens (including phenoxy) is 4. The Morgan fingerprint density at radius 2 is 0.984 bits per heavy atom. The van der Waals surface area contributed by atoms with Crippen LogP contribution in [-0.4, -0.2) is 89.6 Å². The minimum absolute atomic E-state index is 0.115. The van der Waals surface area contributed by atoms with E-state index >= 15 is 0 Å². The van der Waals surface area contributed by atoms with Crippen LogP contribution in [0.1, 0.15) is 206 Å². The number of hydrogen-bond acceptors (Lipinski definition) is 9. The molecule has 1 saturated heterocycles. The van der Waals surface area contributed by atoms with Crippen molar-refractivity contribution in [2.75, 3.05) is 26.4 Å². The maximum absolute atomic E-state index is 12.7. The van der Waals surface area contributed by atoms with E-state index in [2.05, 4.69) is 62.5 Å². The first-order valence-electron chi connectivity index (χ1n) is 25.4. The van der Waals surface area contributed by atoms with Gasteiger partial charge in [0.25, 0.3) is 0 Å². The number of allylic oxidation sites excluding steroid dienone is 10. The zero-order valence-corrected chi connectivity index (χ0v) is 39.6. The second-order valence-corrected chi connectivity index (χ2v) is 17.2. The van der Waals surface area contributed by atoms with E-state index in [0.29, 0.717) is 13.0 Å². The van der Waals surface area contributed by atoms with Gasteiger partial charge in [-0.2, -0.15) is 0 Å². The largest absolute Gasteiger partial charge is 0.457 e. The first-order chi connectivity index (χ1) is 30.4. The molecular weight excluding hydrogens is 781 g/mol. The summed E-state index contributed by atoms with van der Waals surface area (Å²) in [5.41, 5.74) is 0. The van der Waals surface area contributed by atoms with Gasteiger partial charge < -0.3 is 39.4 Å². The molecule has 1 fully saturated rings. The van der Waals surface area contributed by atoms with Gasteiger partial charge in [-0.1, -0.05) is 197 Å². The zero-order valence-electron chi connectivity index (χ0n) is 39.6. The van der Waals surface area contributed by atoms with E-state index < -0.39 is 49.4 Å². The topological polar surface area (TPSA) is 135 Å². The smallest absolute Gasteiger partial charge is 0.306 e. The van der Waals surface area contributed by atoms with E-state index in [1.807, 2.05) is 12.2 Å². The molecule has 6 atom stereocenters. The standard InChI is InChI=1S/C53H94O9/c1-3-5-7-9-11-13-15-17-18-19-20-21-22-23-24-25-26-27-28-29-31-33-35-37-39-41-43-59-45-47(46-60-53-52(58)51(57)50(56)48(44-54)62-53)61-49(55)42-40-38-36-34-32-30-16-14-12-10-8-6-4-2/h6,8,12,14,19-20,30,32,36,38,47-48,50-54,56-58H,3-5,7,9-11,13,15-18,21-29,31,33-35,37,39-46H2,1-2H3/b8-6-,14-12-,20-19-,32-30-,38-36-. The highest BCUT2D eigenvalue weighted by atomic mass is 16.7. The third-order valence-corrected chi connectivity index (χ3v) is 11.4. The van der Waals surface area contributed by atoms with Gasteiger partial charge in [0.2, 0.25) is 0 Å². The average molecular weight is 875 g/mol. The normalized spacial score (nSPS) is 20.3. The van der Waals surface area contributed by atoms with Crippen LogP contribution in [0.2, 0.25) is 0 Å². The molecule has 0 aromatic carbocycles. The molecule has 9 nitrogen and oxygen atoms in total. The van der Waals surface area contributed by atoms with Gasteiger partial charge >= 0.3 is 5.97 Å². The Morgan fingerprint density at radius 1 is 0.532 bits per heavy atom. The zero-order chi connectivity index (χ0) is 45.0. The van der Waals surface area contributed by atoms with E-state index in [1.165, 1.54) is 141 Å². The highest BCUT2D eigenvalue weighted by Crippen LogP contribution is 2.22. The van der Waals surface area contributed by atoms with Crippen LogP contribution >= 0.6 is 0 Å². The molecule has 1 aliphatic heterocycles. The third-order valence-electron chi connectivity index (χ3n) is 11.4. The summed E-state index contributed by atoms with van der Waals surface area (Å²) in [5.74, 6) is -0.392. The summed E-state index contributed by atoms with van der Waals surface area (Å²) in [6.07, 6.45) is 50.0. The van der Waals surface area contributed by atoms with Gasteiger partial charge in [0, 0.05) is 13.0 Å². The average Bonchev–Trinajstić information content (AvgIpc) is 3.27. The Hall–Kier alpha value is -2.11. The number of rotatable bonds is 43. The lowest BCUT2D eigenvalue weighted by molar-refractivity contribution is -0.305. The number of aliphatic hydroxyl groups excluding tert-OH is 4. The Labute approximate surface area is 379 Å². The molecular formula is C53H94O9. The fourth-order valence-corrected chi connectivity index (χ4v) is 7.50. The molecule has 0 saturated carbocycles. The van der Waals surface area contributed by atoms with Crippen molar-refractivity contribution in [3.63, 3.8) is 0 Å². The van der Waals surface area contributed by atoms with Crippen molar-refractivity contribution >= 4 is 5.97 Å². The van der Waals surface area contributed by atoms with Crippen molar-refractivity contribution in [2.24, 2.45) is 0 Å². The van der Waals surface area contributed by atoms with Crippen molar-refractivity contribution in [2.45, 2.75) is 243 Å². The van der Waals surface area contributed by atoms with Crippen LogP contribution in [0.3, 0.4) is 0 Å². The maximum atomic E-state index is 12.7. The van der Waals surface area contributed by atoms with Crippen molar-refractivity contribution in [1.82, 2.24) is 0 Å². The second kappa shape index (κ2) is 44.1. The minimum atomic E-state index is -1.55. The van der Waals surface area contributed by atoms with E-state index in [4.69, 9.17) is 18.9 Å². The number of carbonyl (C=O) groups is 1. The molecule has 1 heterocycles. The summed E-state index contributed by atoms with van der Waals surface area (Å²) in [4.78, 5) is 12.7. The molecule has 1 rings (SSSR count). The van der Waals surface area contributed by atoms with Gasteiger partial charge in [-0.15, -0.1) is 0 Å². The predicted octanol–water partition coefficient (Wildman–Crippen LogP) is 12.3. The van der Waals surface area contributed by atoms with Gasteiger partial charge in [-0.25, -0.2) is 0 Å². The Kier molecular flexibility index (Phi) is 41.2. The summed E-state index contributed by atoms with van der Waals surface area (Å²) in [6, 6.07) is 0. The lowest BCUT2D eigenvalue weighted by atomic mass is 9.99. The lowest BCUT2D eigenvalue weighted by Crippen LogP contribution is -2.59. The van der Waals surface area contributed by atoms with Gasteiger partial charge in [0.05, 0.1) is 19.8 Å². The maximum Gasteiger partial charge on any atom is 0.306 e. The van der Waals surface area contributed by atoms with E-state index in [0.717, 1.165) is 38.5 Å². The quantitative estimate of drug-likeness (QED) is 0.0268. The predicted molar refractivity (Wildman–Crippen MR) is 256 cm³/mol. The molecule has 4 N–H and O–H groups in total. The summed E-state index contributed by atoms with van der Waals surface area (Å²) < 4.78 is 22.8. The van der Waals surface area contributed by atoms with E-state index in [-0.39, 0.29) is 19.6 Å². The Morgan fingerprint density at radius 3 is 1.48 bits per heavy atom. The third kappa shape index (κ3) is 34.3. The van der Waals surface area contributed by atoms with Crippen LogP contribution in [-0.2, 0) is 23.7 Å². The first-order valence-corrected chi connectivity index (χ1v) is 25.4. The highest BCUT2D eigenvalue weighted by Gasteiger charge is 2.44. The molecule has 1 aliphatic rings. The van der Waals surface area contributed by atoms with Crippen LogP contribution < -0.4 is 0 Å². The number of esters is 1. The van der Waals surface area contributed by atoms with Crippen LogP contribution in [0.15, 0.2) is 60.8 Å². The molecule has 9 heteroatoms. The Balaban J connectivity index is 2.17. The van der Waals surface area contributed by atoms with Crippen molar-refractivity contribution in [1.29, 1.82) is 0 Å². The summed E-state index contributed by atoms with van der Waals surface area (Å²) in [6.45, 7) is 4.36. The van der Waals surface area contributed by atoms with E-state index in [9.17, 15) is 25.2 Å². The Bertz CT molecular complexity index is 1130. The van der Waals surface area contributed by atoms with Crippen LogP contribution in [0.25, 0.3) is 0 Å². The summed E-state index contributed by atoms with van der Waals surface area (Å²) in [5, 5.41) is 40.2. The van der Waals surface area contributed by atoms with Gasteiger partial charge in [-0.05, 0) is 64.2 Å². The molecule has 6 unspecified atom stereocenters. The number of hydrogen-bond donors (Lipinski definition) is 4. The number of unbranched alkanes of at least 4 members (excludes halogenated alkanes) is 22. The van der Waals surface area contributed by atoms with Gasteiger partial charge in [-0.3, -0.25) is 4.79 Å². The second-order valence-electron chi connectivity index (χ2n) is 17.2. The summed E-state index contributed by atoms with van der Waals surface area (Å²) >= 11 is 0.